The van der Waals surface area contributed by atoms with Crippen LogP contribution in [0.3, 0.4) is 0 Å². The predicted molar refractivity (Wildman–Crippen MR) is 121 cm³/mol. The van der Waals surface area contributed by atoms with E-state index in [9.17, 15) is 9.59 Å². The molecule has 2 amide bonds. The third-order valence-corrected chi connectivity index (χ3v) is 5.66. The van der Waals surface area contributed by atoms with Gasteiger partial charge in [0.25, 0.3) is 0 Å². The van der Waals surface area contributed by atoms with E-state index in [0.717, 1.165) is 25.1 Å². The summed E-state index contributed by atoms with van der Waals surface area (Å²) in [5.74, 6) is -0.463. The van der Waals surface area contributed by atoms with E-state index in [-0.39, 0.29) is 17.4 Å². The van der Waals surface area contributed by atoms with Gasteiger partial charge in [-0.1, -0.05) is 54.6 Å². The lowest BCUT2D eigenvalue weighted by Gasteiger charge is -2.41. The zero-order chi connectivity index (χ0) is 21.6. The van der Waals surface area contributed by atoms with Gasteiger partial charge in [-0.05, 0) is 50.0 Å². The first-order chi connectivity index (χ1) is 14.3. The average Bonchev–Trinajstić information content (AvgIpc) is 2.76. The number of nitrogens with one attached hydrogen (secondary N) is 2. The molecule has 2 N–H and O–H groups in total. The molecule has 0 saturated carbocycles. The largest absolute Gasteiger partial charge is 0.352 e. The zero-order valence-corrected chi connectivity index (χ0v) is 18.0. The Morgan fingerprint density at radius 3 is 2.47 bits per heavy atom. The van der Waals surface area contributed by atoms with Gasteiger partial charge in [0.05, 0.1) is 0 Å². The molecule has 0 fully saturated rings. The van der Waals surface area contributed by atoms with Crippen molar-refractivity contribution < 1.29 is 9.59 Å². The van der Waals surface area contributed by atoms with E-state index in [0.29, 0.717) is 6.54 Å². The highest BCUT2D eigenvalue weighted by molar-refractivity contribution is 5.95. The zero-order valence-electron chi connectivity index (χ0n) is 18.0. The molecule has 0 spiro atoms. The summed E-state index contributed by atoms with van der Waals surface area (Å²) in [7, 11) is 0. The van der Waals surface area contributed by atoms with E-state index < -0.39 is 6.04 Å². The second-order valence-electron chi connectivity index (χ2n) is 8.44. The van der Waals surface area contributed by atoms with Crippen LogP contribution in [-0.2, 0) is 22.6 Å². The highest BCUT2D eigenvalue weighted by atomic mass is 16.2. The van der Waals surface area contributed by atoms with Gasteiger partial charge >= 0.3 is 0 Å². The Kier molecular flexibility index (Phi) is 7.06. The van der Waals surface area contributed by atoms with Gasteiger partial charge in [0.15, 0.2) is 0 Å². The minimum absolute atomic E-state index is 0.179. The van der Waals surface area contributed by atoms with Crippen LogP contribution in [0.5, 0.6) is 0 Å². The second-order valence-corrected chi connectivity index (χ2v) is 8.44. The molecular weight excluding hydrogens is 374 g/mol. The van der Waals surface area contributed by atoms with Gasteiger partial charge in [-0.25, -0.2) is 0 Å². The van der Waals surface area contributed by atoms with Crippen LogP contribution in [0.15, 0.2) is 60.7 Å². The third kappa shape index (κ3) is 5.80. The quantitative estimate of drug-likeness (QED) is 0.696. The lowest BCUT2D eigenvalue weighted by molar-refractivity contribution is -0.127. The SMILES string of the molecule is CC(NC(=O)/C=C/c1ccccc1)C(=O)NCC(C)(C)N1CCc2ccccc2C1. The van der Waals surface area contributed by atoms with Crippen LogP contribution in [0.1, 0.15) is 37.5 Å². The molecular formula is C25H31N3O2. The first-order valence-electron chi connectivity index (χ1n) is 10.5. The molecule has 30 heavy (non-hydrogen) atoms. The van der Waals surface area contributed by atoms with Crippen molar-refractivity contribution in [1.29, 1.82) is 0 Å². The van der Waals surface area contributed by atoms with Crippen LogP contribution in [0.4, 0.5) is 0 Å². The Balaban J connectivity index is 1.48. The Hall–Kier alpha value is -2.92. The van der Waals surface area contributed by atoms with E-state index in [1.54, 1.807) is 13.0 Å². The second kappa shape index (κ2) is 9.72. The molecule has 1 aliphatic heterocycles. The van der Waals surface area contributed by atoms with Crippen LogP contribution in [0.2, 0.25) is 0 Å². The molecule has 0 radical (unpaired) electrons. The minimum Gasteiger partial charge on any atom is -0.352 e. The van der Waals surface area contributed by atoms with E-state index in [2.05, 4.69) is 53.6 Å². The number of benzene rings is 2. The number of hydrogen-bond donors (Lipinski definition) is 2. The van der Waals surface area contributed by atoms with E-state index in [1.807, 2.05) is 30.3 Å². The van der Waals surface area contributed by atoms with E-state index in [1.165, 1.54) is 17.2 Å². The highest BCUT2D eigenvalue weighted by Crippen LogP contribution is 2.24. The van der Waals surface area contributed by atoms with Gasteiger partial charge in [-0.2, -0.15) is 0 Å². The predicted octanol–water partition coefficient (Wildman–Crippen LogP) is 3.16. The van der Waals surface area contributed by atoms with Crippen LogP contribution in [-0.4, -0.2) is 41.4 Å². The van der Waals surface area contributed by atoms with Crippen LogP contribution < -0.4 is 10.6 Å². The molecule has 0 bridgehead atoms. The first kappa shape index (κ1) is 21.8. The monoisotopic (exact) mass is 405 g/mol. The summed E-state index contributed by atoms with van der Waals surface area (Å²) in [4.78, 5) is 27.0. The number of carbonyl (C=O) groups excluding carboxylic acids is 2. The van der Waals surface area contributed by atoms with E-state index in [4.69, 9.17) is 0 Å². The summed E-state index contributed by atoms with van der Waals surface area (Å²) in [6.45, 7) is 8.37. The van der Waals surface area contributed by atoms with Crippen molar-refractivity contribution in [2.45, 2.75) is 45.3 Å². The van der Waals surface area contributed by atoms with Gasteiger partial charge in [0, 0.05) is 31.2 Å². The fraction of sp³-hybridized carbons (Fsp3) is 0.360. The number of amides is 2. The lowest BCUT2D eigenvalue weighted by Crippen LogP contribution is -2.55. The molecule has 158 valence electrons. The van der Waals surface area contributed by atoms with Crippen LogP contribution in [0.25, 0.3) is 6.08 Å². The van der Waals surface area contributed by atoms with Crippen molar-refractivity contribution in [3.63, 3.8) is 0 Å². The molecule has 2 aromatic carbocycles. The van der Waals surface area contributed by atoms with Crippen molar-refractivity contribution in [2.75, 3.05) is 13.1 Å². The first-order valence-corrected chi connectivity index (χ1v) is 10.5. The molecule has 1 unspecified atom stereocenters. The number of nitrogens with zero attached hydrogens (tertiary/aromatic N) is 1. The summed E-state index contributed by atoms with van der Waals surface area (Å²) in [6, 6.07) is 17.5. The van der Waals surface area contributed by atoms with Gasteiger partial charge in [0.2, 0.25) is 11.8 Å². The van der Waals surface area contributed by atoms with Crippen molar-refractivity contribution in [1.82, 2.24) is 15.5 Å². The highest BCUT2D eigenvalue weighted by Gasteiger charge is 2.30. The minimum atomic E-state index is -0.601. The van der Waals surface area contributed by atoms with Crippen molar-refractivity contribution >= 4 is 17.9 Å². The van der Waals surface area contributed by atoms with Crippen LogP contribution in [0, 0.1) is 0 Å². The fourth-order valence-electron chi connectivity index (χ4n) is 3.64. The Morgan fingerprint density at radius 2 is 1.73 bits per heavy atom. The molecule has 3 rings (SSSR count). The molecule has 0 saturated heterocycles. The maximum atomic E-state index is 12.5. The van der Waals surface area contributed by atoms with Crippen molar-refractivity contribution in [2.24, 2.45) is 0 Å². The Morgan fingerprint density at radius 1 is 1.07 bits per heavy atom. The molecule has 2 aromatic rings. The molecule has 1 aliphatic rings. The Labute approximate surface area is 179 Å². The summed E-state index contributed by atoms with van der Waals surface area (Å²) < 4.78 is 0. The smallest absolute Gasteiger partial charge is 0.244 e. The topological polar surface area (TPSA) is 61.4 Å². The van der Waals surface area contributed by atoms with Gasteiger partial charge in [0.1, 0.15) is 6.04 Å². The van der Waals surface area contributed by atoms with Gasteiger partial charge in [-0.15, -0.1) is 0 Å². The molecule has 5 nitrogen and oxygen atoms in total. The number of rotatable bonds is 7. The summed E-state index contributed by atoms with van der Waals surface area (Å²) in [5, 5.41) is 5.73. The number of hydrogen-bond acceptors (Lipinski definition) is 3. The molecule has 1 atom stereocenters. The maximum absolute atomic E-state index is 12.5. The molecule has 0 aliphatic carbocycles. The van der Waals surface area contributed by atoms with Gasteiger partial charge < -0.3 is 10.6 Å². The van der Waals surface area contributed by atoms with E-state index >= 15 is 0 Å². The van der Waals surface area contributed by atoms with Crippen molar-refractivity contribution in [3.05, 3.63) is 77.4 Å². The number of carbonyl (C=O) groups is 2. The summed E-state index contributed by atoms with van der Waals surface area (Å²) in [5.41, 5.74) is 3.53. The van der Waals surface area contributed by atoms with Gasteiger partial charge in [-0.3, -0.25) is 14.5 Å². The lowest BCUT2D eigenvalue weighted by atomic mass is 9.94. The van der Waals surface area contributed by atoms with Crippen molar-refractivity contribution in [3.8, 4) is 0 Å². The Bertz CT molecular complexity index is 906. The standard InChI is InChI=1S/C25H31N3O2/c1-19(27-23(29)14-13-20-9-5-4-6-10-20)24(30)26-18-25(2,3)28-16-15-21-11-7-8-12-22(21)17-28/h4-14,19H,15-18H2,1-3H3,(H,26,30)(H,27,29)/b14-13+. The van der Waals surface area contributed by atoms with Crippen LogP contribution >= 0.6 is 0 Å². The fourth-order valence-corrected chi connectivity index (χ4v) is 3.64. The summed E-state index contributed by atoms with van der Waals surface area (Å²) in [6.07, 6.45) is 4.21. The normalized spacial score (nSPS) is 15.4. The molecule has 1 heterocycles. The molecule has 5 heteroatoms. The average molecular weight is 406 g/mol. The maximum Gasteiger partial charge on any atom is 0.244 e. The molecule has 0 aromatic heterocycles. The third-order valence-electron chi connectivity index (χ3n) is 5.66. The number of fused-ring (bicyclic) bond motifs is 1. The summed E-state index contributed by atoms with van der Waals surface area (Å²) >= 11 is 0.